The Labute approximate surface area is 122 Å². The summed E-state index contributed by atoms with van der Waals surface area (Å²) in [6.07, 6.45) is 5.39. The molecule has 0 saturated heterocycles. The van der Waals surface area contributed by atoms with Crippen molar-refractivity contribution in [1.82, 2.24) is 9.78 Å². The van der Waals surface area contributed by atoms with Gasteiger partial charge >= 0.3 is 0 Å². The molecule has 0 aliphatic heterocycles. The number of rotatable bonds is 4. The number of fused-ring (bicyclic) bond motifs is 1. The molecule has 3 aromatic rings. The van der Waals surface area contributed by atoms with Gasteiger partial charge in [-0.15, -0.1) is 11.3 Å². The summed E-state index contributed by atoms with van der Waals surface area (Å²) in [5, 5.41) is 16.1. The van der Waals surface area contributed by atoms with Crippen LogP contribution in [0.25, 0.3) is 10.1 Å². The minimum Gasteiger partial charge on any atom is -0.385 e. The Morgan fingerprint density at radius 1 is 1.35 bits per heavy atom. The quantitative estimate of drug-likeness (QED) is 0.797. The number of hydrogen-bond acceptors (Lipinski definition) is 3. The second-order valence-electron chi connectivity index (χ2n) is 5.44. The molecule has 1 N–H and O–H groups in total. The Bertz CT molecular complexity index is 694. The molecular weight excluding hydrogens is 268 g/mol. The summed E-state index contributed by atoms with van der Waals surface area (Å²) in [5.41, 5.74) is 0.369. The Balaban J connectivity index is 1.79. The SMILES string of the molecule is Cn1cc(CCC(C)(O)c2cc3ccccc3s2)cn1. The zero-order valence-electron chi connectivity index (χ0n) is 11.7. The topological polar surface area (TPSA) is 38.0 Å². The van der Waals surface area contributed by atoms with Crippen molar-refractivity contribution >= 4 is 21.4 Å². The molecule has 1 aromatic carbocycles. The first-order valence-corrected chi connectivity index (χ1v) is 7.55. The molecule has 0 aliphatic carbocycles. The molecule has 3 rings (SSSR count). The van der Waals surface area contributed by atoms with Crippen molar-refractivity contribution in [2.45, 2.75) is 25.4 Å². The highest BCUT2D eigenvalue weighted by Crippen LogP contribution is 2.35. The van der Waals surface area contributed by atoms with Crippen molar-refractivity contribution < 1.29 is 5.11 Å². The molecule has 0 bridgehead atoms. The van der Waals surface area contributed by atoms with E-state index in [1.54, 1.807) is 16.0 Å². The molecular formula is C16H18N2OS. The van der Waals surface area contributed by atoms with Gasteiger partial charge in [0.1, 0.15) is 0 Å². The normalized spacial score (nSPS) is 14.6. The fourth-order valence-electron chi connectivity index (χ4n) is 2.36. The second-order valence-corrected chi connectivity index (χ2v) is 6.53. The van der Waals surface area contributed by atoms with Crippen LogP contribution in [-0.4, -0.2) is 14.9 Å². The maximum Gasteiger partial charge on any atom is 0.0963 e. The van der Waals surface area contributed by atoms with Crippen LogP contribution in [0.5, 0.6) is 0 Å². The number of hydrogen-bond donors (Lipinski definition) is 1. The lowest BCUT2D eigenvalue weighted by molar-refractivity contribution is 0.0519. The highest BCUT2D eigenvalue weighted by Gasteiger charge is 2.25. The molecule has 1 unspecified atom stereocenters. The Hall–Kier alpha value is -1.65. The number of benzene rings is 1. The fraction of sp³-hybridized carbons (Fsp3) is 0.312. The summed E-state index contributed by atoms with van der Waals surface area (Å²) in [7, 11) is 1.91. The van der Waals surface area contributed by atoms with Crippen molar-refractivity contribution in [3.05, 3.63) is 53.2 Å². The van der Waals surface area contributed by atoms with Gasteiger partial charge in [-0.3, -0.25) is 4.68 Å². The largest absolute Gasteiger partial charge is 0.385 e. The van der Waals surface area contributed by atoms with Crippen LogP contribution in [0.1, 0.15) is 23.8 Å². The van der Waals surface area contributed by atoms with Crippen LogP contribution >= 0.6 is 11.3 Å². The molecule has 0 radical (unpaired) electrons. The average Bonchev–Trinajstić information content (AvgIpc) is 3.02. The minimum atomic E-state index is -0.792. The minimum absolute atomic E-state index is 0.700. The Morgan fingerprint density at radius 2 is 2.15 bits per heavy atom. The van der Waals surface area contributed by atoms with Crippen LogP contribution in [0.15, 0.2) is 42.7 Å². The fourth-order valence-corrected chi connectivity index (χ4v) is 3.50. The van der Waals surface area contributed by atoms with E-state index in [4.69, 9.17) is 0 Å². The molecule has 104 valence electrons. The molecule has 2 heterocycles. The van der Waals surface area contributed by atoms with E-state index >= 15 is 0 Å². The van der Waals surface area contributed by atoms with E-state index in [1.165, 1.54) is 10.1 Å². The van der Waals surface area contributed by atoms with Crippen LogP contribution in [0.3, 0.4) is 0 Å². The number of nitrogens with zero attached hydrogens (tertiary/aromatic N) is 2. The maximum absolute atomic E-state index is 10.7. The monoisotopic (exact) mass is 286 g/mol. The second kappa shape index (κ2) is 5.04. The Morgan fingerprint density at radius 3 is 2.85 bits per heavy atom. The third-order valence-corrected chi connectivity index (χ3v) is 4.98. The van der Waals surface area contributed by atoms with Crippen LogP contribution in [0, 0.1) is 0 Å². The molecule has 0 spiro atoms. The molecule has 4 heteroatoms. The van der Waals surface area contributed by atoms with Crippen LogP contribution in [0.2, 0.25) is 0 Å². The van der Waals surface area contributed by atoms with E-state index in [1.807, 2.05) is 38.5 Å². The van der Waals surface area contributed by atoms with E-state index in [2.05, 4.69) is 23.3 Å². The van der Waals surface area contributed by atoms with E-state index < -0.39 is 5.60 Å². The van der Waals surface area contributed by atoms with Gasteiger partial charge in [0.15, 0.2) is 0 Å². The van der Waals surface area contributed by atoms with Crippen LogP contribution < -0.4 is 0 Å². The number of thiophene rings is 1. The summed E-state index contributed by atoms with van der Waals surface area (Å²) in [6.45, 7) is 1.90. The zero-order valence-corrected chi connectivity index (χ0v) is 12.5. The smallest absolute Gasteiger partial charge is 0.0963 e. The summed E-state index contributed by atoms with van der Waals surface area (Å²) < 4.78 is 3.02. The third kappa shape index (κ3) is 2.62. The summed E-state index contributed by atoms with van der Waals surface area (Å²) >= 11 is 1.67. The summed E-state index contributed by atoms with van der Waals surface area (Å²) in [6, 6.07) is 10.4. The lowest BCUT2D eigenvalue weighted by Gasteiger charge is -2.21. The molecule has 20 heavy (non-hydrogen) atoms. The molecule has 2 aromatic heterocycles. The van der Waals surface area contributed by atoms with Gasteiger partial charge in [0.2, 0.25) is 0 Å². The third-order valence-electron chi connectivity index (χ3n) is 3.62. The molecule has 0 amide bonds. The van der Waals surface area contributed by atoms with Gasteiger partial charge in [0.25, 0.3) is 0 Å². The molecule has 3 nitrogen and oxygen atoms in total. The number of aromatic nitrogens is 2. The average molecular weight is 286 g/mol. The molecule has 0 saturated carbocycles. The number of aryl methyl sites for hydroxylation is 2. The van der Waals surface area contributed by atoms with E-state index in [0.29, 0.717) is 6.42 Å². The van der Waals surface area contributed by atoms with Crippen molar-refractivity contribution in [1.29, 1.82) is 0 Å². The Kier molecular flexibility index (Phi) is 3.36. The predicted octanol–water partition coefficient (Wildman–Crippen LogP) is 3.48. The summed E-state index contributed by atoms with van der Waals surface area (Å²) in [5.74, 6) is 0. The van der Waals surface area contributed by atoms with E-state index in [-0.39, 0.29) is 0 Å². The summed E-state index contributed by atoms with van der Waals surface area (Å²) in [4.78, 5) is 1.03. The first kappa shape index (κ1) is 13.3. The van der Waals surface area contributed by atoms with Crippen molar-refractivity contribution in [3.8, 4) is 0 Å². The predicted molar refractivity (Wildman–Crippen MR) is 82.9 cm³/mol. The van der Waals surface area contributed by atoms with Gasteiger partial charge in [-0.2, -0.15) is 5.10 Å². The van der Waals surface area contributed by atoms with Gasteiger partial charge in [-0.1, -0.05) is 18.2 Å². The van der Waals surface area contributed by atoms with E-state index in [0.717, 1.165) is 16.9 Å². The van der Waals surface area contributed by atoms with Crippen LogP contribution in [-0.2, 0) is 19.1 Å². The van der Waals surface area contributed by atoms with Gasteiger partial charge in [0.05, 0.1) is 11.8 Å². The van der Waals surface area contributed by atoms with Gasteiger partial charge in [0, 0.05) is 22.8 Å². The zero-order chi connectivity index (χ0) is 14.2. The first-order chi connectivity index (χ1) is 9.54. The van der Waals surface area contributed by atoms with E-state index in [9.17, 15) is 5.11 Å². The molecule has 1 atom stereocenters. The van der Waals surface area contributed by atoms with Gasteiger partial charge in [-0.25, -0.2) is 0 Å². The van der Waals surface area contributed by atoms with Crippen molar-refractivity contribution in [3.63, 3.8) is 0 Å². The van der Waals surface area contributed by atoms with Gasteiger partial charge in [-0.05, 0) is 42.8 Å². The molecule has 0 aliphatic rings. The first-order valence-electron chi connectivity index (χ1n) is 6.73. The molecule has 0 fully saturated rings. The standard InChI is InChI=1S/C16H18N2OS/c1-16(19,8-7-12-10-17-18(2)11-12)15-9-13-5-3-4-6-14(13)20-15/h3-6,9-11,19H,7-8H2,1-2H3. The van der Waals surface area contributed by atoms with Crippen molar-refractivity contribution in [2.75, 3.05) is 0 Å². The van der Waals surface area contributed by atoms with Crippen LogP contribution in [0.4, 0.5) is 0 Å². The lowest BCUT2D eigenvalue weighted by atomic mass is 9.96. The maximum atomic E-state index is 10.7. The van der Waals surface area contributed by atoms with Gasteiger partial charge < -0.3 is 5.11 Å². The lowest BCUT2D eigenvalue weighted by Crippen LogP contribution is -2.20. The highest BCUT2D eigenvalue weighted by atomic mass is 32.1. The van der Waals surface area contributed by atoms with Crippen molar-refractivity contribution in [2.24, 2.45) is 7.05 Å². The highest BCUT2D eigenvalue weighted by molar-refractivity contribution is 7.19. The number of aliphatic hydroxyl groups is 1.